The molecule has 0 unspecified atom stereocenters. The third-order valence-corrected chi connectivity index (χ3v) is 4.45. The molecule has 0 saturated carbocycles. The summed E-state index contributed by atoms with van der Waals surface area (Å²) in [5, 5.41) is 4.39. The Morgan fingerprint density at radius 2 is 1.95 bits per heavy atom. The first-order chi connectivity index (χ1) is 9.74. The first kappa shape index (κ1) is 16.4. The zero-order valence-corrected chi connectivity index (χ0v) is 13.8. The number of halogens is 2. The topological polar surface area (TPSA) is 12.0 Å². The molecule has 0 bridgehead atoms. The van der Waals surface area contributed by atoms with Crippen LogP contribution in [0, 0.1) is 0 Å². The van der Waals surface area contributed by atoms with Gasteiger partial charge in [0.15, 0.2) is 0 Å². The van der Waals surface area contributed by atoms with E-state index in [0.717, 1.165) is 31.0 Å². The molecule has 2 aromatic carbocycles. The Bertz CT molecular complexity index is 596. The molecule has 0 fully saturated rings. The quantitative estimate of drug-likeness (QED) is 0.852. The molecule has 1 aliphatic rings. The summed E-state index contributed by atoms with van der Waals surface area (Å²) in [5.74, 6) is 0.538. The zero-order chi connectivity index (χ0) is 13.9. The van der Waals surface area contributed by atoms with Crippen LogP contribution in [0.25, 0.3) is 0 Å². The van der Waals surface area contributed by atoms with Crippen LogP contribution in [0.3, 0.4) is 0 Å². The average Bonchev–Trinajstić information content (AvgIpc) is 2.63. The van der Waals surface area contributed by atoms with E-state index in [1.807, 2.05) is 0 Å². The van der Waals surface area contributed by atoms with Crippen LogP contribution in [-0.4, -0.2) is 13.1 Å². The lowest BCUT2D eigenvalue weighted by molar-refractivity contribution is 0.644. The van der Waals surface area contributed by atoms with Crippen molar-refractivity contribution in [1.82, 2.24) is 5.32 Å². The van der Waals surface area contributed by atoms with E-state index < -0.39 is 0 Å². The Balaban J connectivity index is 0.00000161. The SMILES string of the molecule is C[C@@H]1CNCCc2cc(Cc3ccccc3)c(Cl)cc21.Cl. The van der Waals surface area contributed by atoms with Gasteiger partial charge in [0.05, 0.1) is 0 Å². The van der Waals surface area contributed by atoms with Gasteiger partial charge in [0.2, 0.25) is 0 Å². The molecule has 21 heavy (non-hydrogen) atoms. The molecule has 1 heterocycles. The second kappa shape index (κ2) is 7.31. The molecule has 2 aromatic rings. The van der Waals surface area contributed by atoms with Crippen LogP contribution < -0.4 is 5.32 Å². The second-order valence-electron chi connectivity index (χ2n) is 5.66. The highest BCUT2D eigenvalue weighted by Gasteiger charge is 2.16. The molecule has 0 spiro atoms. The summed E-state index contributed by atoms with van der Waals surface area (Å²) in [6.07, 6.45) is 2.01. The van der Waals surface area contributed by atoms with Crippen molar-refractivity contribution >= 4 is 24.0 Å². The zero-order valence-electron chi connectivity index (χ0n) is 12.2. The van der Waals surface area contributed by atoms with Crippen molar-refractivity contribution in [3.8, 4) is 0 Å². The Hall–Kier alpha value is -1.02. The summed E-state index contributed by atoms with van der Waals surface area (Å²) in [7, 11) is 0. The molecule has 3 rings (SSSR count). The fourth-order valence-electron chi connectivity index (χ4n) is 2.96. The molecule has 3 heteroatoms. The molecule has 0 aliphatic carbocycles. The normalized spacial score (nSPS) is 17.5. The minimum atomic E-state index is 0. The van der Waals surface area contributed by atoms with E-state index in [1.165, 1.54) is 22.3 Å². The van der Waals surface area contributed by atoms with Crippen LogP contribution in [0.1, 0.15) is 35.1 Å². The Labute approximate surface area is 138 Å². The van der Waals surface area contributed by atoms with E-state index in [4.69, 9.17) is 11.6 Å². The molecular weight excluding hydrogens is 301 g/mol. The van der Waals surface area contributed by atoms with Crippen LogP contribution in [0.2, 0.25) is 5.02 Å². The van der Waals surface area contributed by atoms with E-state index in [0.29, 0.717) is 5.92 Å². The van der Waals surface area contributed by atoms with Gasteiger partial charge in [-0.15, -0.1) is 12.4 Å². The van der Waals surface area contributed by atoms with E-state index >= 15 is 0 Å². The molecule has 0 radical (unpaired) electrons. The molecule has 112 valence electrons. The maximum atomic E-state index is 6.51. The highest BCUT2D eigenvalue weighted by molar-refractivity contribution is 6.31. The van der Waals surface area contributed by atoms with E-state index in [9.17, 15) is 0 Å². The average molecular weight is 322 g/mol. The molecule has 0 saturated heterocycles. The van der Waals surface area contributed by atoms with Crippen molar-refractivity contribution in [2.75, 3.05) is 13.1 Å². The lowest BCUT2D eigenvalue weighted by Crippen LogP contribution is -2.18. The number of hydrogen-bond donors (Lipinski definition) is 1. The lowest BCUT2D eigenvalue weighted by atomic mass is 9.92. The van der Waals surface area contributed by atoms with Gasteiger partial charge in [-0.05, 0) is 53.6 Å². The standard InChI is InChI=1S/C18H20ClN.ClH/c1-13-12-20-8-7-15-10-16(18(19)11-17(13)15)9-14-5-3-2-4-6-14;/h2-6,10-11,13,20H,7-9,12H2,1H3;1H/t13-;/m1./s1. The van der Waals surface area contributed by atoms with Crippen LogP contribution >= 0.6 is 24.0 Å². The minimum Gasteiger partial charge on any atom is -0.316 e. The van der Waals surface area contributed by atoms with Crippen LogP contribution in [0.5, 0.6) is 0 Å². The summed E-state index contributed by atoms with van der Waals surface area (Å²) in [6, 6.07) is 15.0. The lowest BCUT2D eigenvalue weighted by Gasteiger charge is -2.15. The molecule has 0 amide bonds. The largest absolute Gasteiger partial charge is 0.316 e. The van der Waals surface area contributed by atoms with Crippen LogP contribution in [-0.2, 0) is 12.8 Å². The maximum absolute atomic E-state index is 6.51. The predicted octanol–water partition coefficient (Wildman–Crippen LogP) is 4.60. The summed E-state index contributed by atoms with van der Waals surface area (Å²) in [6.45, 7) is 4.37. The van der Waals surface area contributed by atoms with Gasteiger partial charge in [-0.25, -0.2) is 0 Å². The molecular formula is C18H21Cl2N. The smallest absolute Gasteiger partial charge is 0.0444 e. The van der Waals surface area contributed by atoms with Gasteiger partial charge in [0.1, 0.15) is 0 Å². The highest BCUT2D eigenvalue weighted by atomic mass is 35.5. The molecule has 1 N–H and O–H groups in total. The van der Waals surface area contributed by atoms with Crippen molar-refractivity contribution in [2.24, 2.45) is 0 Å². The van der Waals surface area contributed by atoms with Gasteiger partial charge in [-0.1, -0.05) is 54.9 Å². The van der Waals surface area contributed by atoms with E-state index in [2.05, 4.69) is 54.7 Å². The summed E-state index contributed by atoms with van der Waals surface area (Å²) >= 11 is 6.51. The van der Waals surface area contributed by atoms with Crippen molar-refractivity contribution < 1.29 is 0 Å². The summed E-state index contributed by atoms with van der Waals surface area (Å²) in [5.41, 5.74) is 5.43. The van der Waals surface area contributed by atoms with Crippen LogP contribution in [0.15, 0.2) is 42.5 Å². The predicted molar refractivity (Wildman–Crippen MR) is 92.9 cm³/mol. The molecule has 1 atom stereocenters. The van der Waals surface area contributed by atoms with Crippen molar-refractivity contribution in [3.05, 3.63) is 69.7 Å². The van der Waals surface area contributed by atoms with Gasteiger partial charge in [-0.2, -0.15) is 0 Å². The monoisotopic (exact) mass is 321 g/mol. The van der Waals surface area contributed by atoms with E-state index in [-0.39, 0.29) is 12.4 Å². The molecule has 1 aliphatic heterocycles. The number of benzene rings is 2. The third kappa shape index (κ3) is 3.79. The Kier molecular flexibility index (Phi) is 5.69. The number of rotatable bonds is 2. The van der Waals surface area contributed by atoms with Crippen LogP contribution in [0.4, 0.5) is 0 Å². The number of hydrogen-bond acceptors (Lipinski definition) is 1. The first-order valence-corrected chi connectivity index (χ1v) is 7.67. The number of nitrogens with one attached hydrogen (secondary N) is 1. The van der Waals surface area contributed by atoms with Crippen molar-refractivity contribution in [1.29, 1.82) is 0 Å². The second-order valence-corrected chi connectivity index (χ2v) is 6.07. The van der Waals surface area contributed by atoms with Gasteiger partial charge in [-0.3, -0.25) is 0 Å². The van der Waals surface area contributed by atoms with Crippen molar-refractivity contribution in [3.63, 3.8) is 0 Å². The maximum Gasteiger partial charge on any atom is 0.0444 e. The fourth-order valence-corrected chi connectivity index (χ4v) is 3.20. The van der Waals surface area contributed by atoms with Crippen molar-refractivity contribution in [2.45, 2.75) is 25.7 Å². The third-order valence-electron chi connectivity index (χ3n) is 4.10. The first-order valence-electron chi connectivity index (χ1n) is 7.30. The van der Waals surface area contributed by atoms with Gasteiger partial charge < -0.3 is 5.32 Å². The highest BCUT2D eigenvalue weighted by Crippen LogP contribution is 2.30. The fraction of sp³-hybridized carbons (Fsp3) is 0.333. The Morgan fingerprint density at radius 1 is 1.19 bits per heavy atom. The molecule has 1 nitrogen and oxygen atoms in total. The summed E-state index contributed by atoms with van der Waals surface area (Å²) < 4.78 is 0. The van der Waals surface area contributed by atoms with Gasteiger partial charge >= 0.3 is 0 Å². The number of fused-ring (bicyclic) bond motifs is 1. The van der Waals surface area contributed by atoms with Gasteiger partial charge in [0.25, 0.3) is 0 Å². The summed E-state index contributed by atoms with van der Waals surface area (Å²) in [4.78, 5) is 0. The van der Waals surface area contributed by atoms with E-state index in [1.54, 1.807) is 0 Å². The Morgan fingerprint density at radius 3 is 2.71 bits per heavy atom. The van der Waals surface area contributed by atoms with Gasteiger partial charge in [0, 0.05) is 11.6 Å². The minimum absolute atomic E-state index is 0. The molecule has 0 aromatic heterocycles.